The molecule has 0 unspecified atom stereocenters. The van der Waals surface area contributed by atoms with Crippen molar-refractivity contribution in [3.8, 4) is 0 Å². The summed E-state index contributed by atoms with van der Waals surface area (Å²) in [5, 5.41) is 3.39. The molecule has 2 aromatic carbocycles. The fourth-order valence-electron chi connectivity index (χ4n) is 3.59. The Labute approximate surface area is 218 Å². The van der Waals surface area contributed by atoms with Crippen LogP contribution in [-0.4, -0.2) is 56.6 Å². The fourth-order valence-corrected chi connectivity index (χ4v) is 4.72. The Morgan fingerprint density at radius 3 is 2.20 bits per heavy atom. The summed E-state index contributed by atoms with van der Waals surface area (Å²) in [5.74, 6) is -0.743. The number of carbonyl (C=O) groups excluding carboxylic acids is 2. The largest absolute Gasteiger partial charge is 0.352 e. The lowest BCUT2D eigenvalue weighted by atomic mass is 10.1. The molecular formula is C25H33Cl2N3O4S. The fraction of sp³-hybridized carbons (Fsp3) is 0.440. The van der Waals surface area contributed by atoms with Gasteiger partial charge < -0.3 is 10.2 Å². The highest BCUT2D eigenvalue weighted by Crippen LogP contribution is 2.28. The van der Waals surface area contributed by atoms with Gasteiger partial charge >= 0.3 is 0 Å². The Hall–Kier alpha value is -2.29. The summed E-state index contributed by atoms with van der Waals surface area (Å²) < 4.78 is 26.2. The van der Waals surface area contributed by atoms with Crippen molar-refractivity contribution in [2.24, 2.45) is 0 Å². The van der Waals surface area contributed by atoms with Gasteiger partial charge in [-0.1, -0.05) is 67.4 Å². The monoisotopic (exact) mass is 541 g/mol. The van der Waals surface area contributed by atoms with E-state index in [0.717, 1.165) is 22.5 Å². The molecule has 0 aliphatic carbocycles. The molecule has 0 aliphatic heterocycles. The van der Waals surface area contributed by atoms with Crippen LogP contribution in [0.3, 0.4) is 0 Å². The van der Waals surface area contributed by atoms with Crippen molar-refractivity contribution in [2.75, 3.05) is 23.7 Å². The van der Waals surface area contributed by atoms with E-state index in [0.29, 0.717) is 12.8 Å². The van der Waals surface area contributed by atoms with Gasteiger partial charge in [-0.2, -0.15) is 0 Å². The number of halogens is 2. The van der Waals surface area contributed by atoms with Crippen LogP contribution >= 0.6 is 23.2 Å². The summed E-state index contributed by atoms with van der Waals surface area (Å²) in [7, 11) is -3.84. The van der Waals surface area contributed by atoms with E-state index < -0.39 is 28.5 Å². The van der Waals surface area contributed by atoms with Crippen LogP contribution in [0.1, 0.15) is 39.2 Å². The number of benzene rings is 2. The Bertz CT molecular complexity index is 1110. The average molecular weight is 543 g/mol. The van der Waals surface area contributed by atoms with Gasteiger partial charge in [-0.25, -0.2) is 8.42 Å². The van der Waals surface area contributed by atoms with Crippen LogP contribution in [0, 0.1) is 0 Å². The second-order valence-electron chi connectivity index (χ2n) is 8.43. The topological polar surface area (TPSA) is 86.8 Å². The van der Waals surface area contributed by atoms with Gasteiger partial charge in [-0.3, -0.25) is 13.9 Å². The van der Waals surface area contributed by atoms with Crippen molar-refractivity contribution in [2.45, 2.75) is 52.1 Å². The number of amides is 2. The third-order valence-electron chi connectivity index (χ3n) is 5.74. The van der Waals surface area contributed by atoms with Crippen LogP contribution in [0.4, 0.5) is 5.69 Å². The van der Waals surface area contributed by atoms with Crippen LogP contribution in [0.15, 0.2) is 48.5 Å². The summed E-state index contributed by atoms with van der Waals surface area (Å²) in [5.41, 5.74) is 1.22. The number of rotatable bonds is 12. The predicted molar refractivity (Wildman–Crippen MR) is 142 cm³/mol. The lowest BCUT2D eigenvalue weighted by molar-refractivity contribution is -0.139. The zero-order valence-electron chi connectivity index (χ0n) is 20.5. The van der Waals surface area contributed by atoms with E-state index in [1.54, 1.807) is 0 Å². The second-order valence-corrected chi connectivity index (χ2v) is 11.2. The molecule has 2 atom stereocenters. The molecule has 2 rings (SSSR count). The van der Waals surface area contributed by atoms with Crippen molar-refractivity contribution < 1.29 is 18.0 Å². The Morgan fingerprint density at radius 2 is 1.66 bits per heavy atom. The first-order valence-corrected chi connectivity index (χ1v) is 14.1. The molecule has 0 spiro atoms. The average Bonchev–Trinajstić information content (AvgIpc) is 2.81. The number of nitrogens with one attached hydrogen (secondary N) is 1. The molecule has 10 heteroatoms. The van der Waals surface area contributed by atoms with Gasteiger partial charge in [0.15, 0.2) is 0 Å². The number of hydrogen-bond acceptors (Lipinski definition) is 4. The van der Waals surface area contributed by atoms with Crippen molar-refractivity contribution >= 4 is 50.7 Å². The predicted octanol–water partition coefficient (Wildman–Crippen LogP) is 4.52. The maximum Gasteiger partial charge on any atom is 0.244 e. The highest BCUT2D eigenvalue weighted by Gasteiger charge is 2.32. The SMILES string of the molecule is CC[C@@H](C)NC(=O)[C@@H](CC)N(CCc1ccccc1)C(=O)CN(c1ccc(Cl)c(Cl)c1)S(C)(=O)=O. The van der Waals surface area contributed by atoms with Crippen LogP contribution in [-0.2, 0) is 26.0 Å². The Morgan fingerprint density at radius 1 is 1.00 bits per heavy atom. The summed E-state index contributed by atoms with van der Waals surface area (Å²) in [6.07, 6.45) is 2.67. The molecule has 0 bridgehead atoms. The van der Waals surface area contributed by atoms with Gasteiger partial charge in [0.2, 0.25) is 21.8 Å². The molecule has 2 amide bonds. The van der Waals surface area contributed by atoms with Crippen LogP contribution < -0.4 is 9.62 Å². The number of nitrogens with zero attached hydrogens (tertiary/aromatic N) is 2. The van der Waals surface area contributed by atoms with Gasteiger partial charge in [0.25, 0.3) is 0 Å². The zero-order chi connectivity index (χ0) is 26.2. The second kappa shape index (κ2) is 13.1. The molecular weight excluding hydrogens is 509 g/mol. The quantitative estimate of drug-likeness (QED) is 0.427. The van der Waals surface area contributed by atoms with E-state index in [2.05, 4.69) is 5.32 Å². The maximum atomic E-state index is 13.6. The minimum atomic E-state index is -3.84. The molecule has 0 aliphatic rings. The van der Waals surface area contributed by atoms with Crippen molar-refractivity contribution in [1.82, 2.24) is 10.2 Å². The van der Waals surface area contributed by atoms with Crippen LogP contribution in [0.25, 0.3) is 0 Å². The molecule has 0 fully saturated rings. The highest BCUT2D eigenvalue weighted by atomic mass is 35.5. The number of sulfonamides is 1. The third-order valence-corrected chi connectivity index (χ3v) is 7.62. The van der Waals surface area contributed by atoms with Gasteiger partial charge in [0.1, 0.15) is 12.6 Å². The molecule has 0 saturated carbocycles. The van der Waals surface area contributed by atoms with E-state index in [4.69, 9.17) is 23.2 Å². The van der Waals surface area contributed by atoms with Gasteiger partial charge in [-0.05, 0) is 49.9 Å². The first-order valence-electron chi connectivity index (χ1n) is 11.5. The molecule has 0 radical (unpaired) electrons. The standard InChI is InChI=1S/C25H33Cl2N3O4S/c1-5-18(3)28-25(32)23(6-2)29(15-14-19-10-8-7-9-11-19)24(31)17-30(35(4,33)34)20-12-13-21(26)22(27)16-20/h7-13,16,18,23H,5-6,14-15,17H2,1-4H3,(H,28,32)/t18-,23-/m1/s1. The summed E-state index contributed by atoms with van der Waals surface area (Å²) in [6.45, 7) is 5.48. The summed E-state index contributed by atoms with van der Waals surface area (Å²) in [6, 6.07) is 13.2. The number of anilines is 1. The summed E-state index contributed by atoms with van der Waals surface area (Å²) in [4.78, 5) is 28.1. The molecule has 192 valence electrons. The molecule has 0 aromatic heterocycles. The normalized spacial score (nSPS) is 13.1. The lowest BCUT2D eigenvalue weighted by Crippen LogP contribution is -2.54. The Balaban J connectivity index is 2.38. The van der Waals surface area contributed by atoms with Crippen molar-refractivity contribution in [3.63, 3.8) is 0 Å². The minimum absolute atomic E-state index is 0.0497. The van der Waals surface area contributed by atoms with Gasteiger partial charge in [0.05, 0.1) is 22.0 Å². The Kier molecular flexibility index (Phi) is 10.9. The lowest BCUT2D eigenvalue weighted by Gasteiger charge is -2.33. The van der Waals surface area contributed by atoms with E-state index in [1.165, 1.54) is 23.1 Å². The smallest absolute Gasteiger partial charge is 0.244 e. The first-order chi connectivity index (χ1) is 16.5. The first kappa shape index (κ1) is 28.9. The van der Waals surface area contributed by atoms with E-state index >= 15 is 0 Å². The van der Waals surface area contributed by atoms with E-state index in [-0.39, 0.29) is 34.2 Å². The molecule has 2 aromatic rings. The highest BCUT2D eigenvalue weighted by molar-refractivity contribution is 7.92. The maximum absolute atomic E-state index is 13.6. The molecule has 35 heavy (non-hydrogen) atoms. The molecule has 0 heterocycles. The van der Waals surface area contributed by atoms with Gasteiger partial charge in [0, 0.05) is 12.6 Å². The number of carbonyl (C=O) groups is 2. The van der Waals surface area contributed by atoms with Crippen LogP contribution in [0.5, 0.6) is 0 Å². The van der Waals surface area contributed by atoms with E-state index in [9.17, 15) is 18.0 Å². The molecule has 1 N–H and O–H groups in total. The van der Waals surface area contributed by atoms with Gasteiger partial charge in [-0.15, -0.1) is 0 Å². The minimum Gasteiger partial charge on any atom is -0.352 e. The van der Waals surface area contributed by atoms with Crippen LogP contribution in [0.2, 0.25) is 10.0 Å². The molecule has 7 nitrogen and oxygen atoms in total. The van der Waals surface area contributed by atoms with Crippen molar-refractivity contribution in [3.05, 3.63) is 64.1 Å². The summed E-state index contributed by atoms with van der Waals surface area (Å²) >= 11 is 12.1. The molecule has 0 saturated heterocycles. The third kappa shape index (κ3) is 8.40. The number of hydrogen-bond donors (Lipinski definition) is 1. The van der Waals surface area contributed by atoms with Crippen molar-refractivity contribution in [1.29, 1.82) is 0 Å². The zero-order valence-corrected chi connectivity index (χ0v) is 22.8. The van der Waals surface area contributed by atoms with E-state index in [1.807, 2.05) is 51.1 Å².